The average Bonchev–Trinajstić information content (AvgIpc) is 3.53. The fourth-order valence-corrected chi connectivity index (χ4v) is 3.84. The third-order valence-corrected chi connectivity index (χ3v) is 5.59. The van der Waals surface area contributed by atoms with Crippen molar-refractivity contribution in [1.82, 2.24) is 19.9 Å². The topological polar surface area (TPSA) is 78.3 Å². The van der Waals surface area contributed by atoms with E-state index < -0.39 is 0 Å². The highest BCUT2D eigenvalue weighted by Gasteiger charge is 2.16. The van der Waals surface area contributed by atoms with Crippen LogP contribution in [0.25, 0.3) is 16.3 Å². The largest absolute Gasteiger partial charge is 0.454 e. The summed E-state index contributed by atoms with van der Waals surface area (Å²) in [5.74, 6) is 1.28. The van der Waals surface area contributed by atoms with Gasteiger partial charge in [0.05, 0.1) is 12.5 Å². The van der Waals surface area contributed by atoms with Gasteiger partial charge in [-0.05, 0) is 35.9 Å². The van der Waals surface area contributed by atoms with E-state index in [4.69, 9.17) is 9.47 Å². The summed E-state index contributed by atoms with van der Waals surface area (Å²) in [5.41, 5.74) is 2.93. The molecule has 1 N–H and O–H groups in total. The maximum atomic E-state index is 12.5. The highest BCUT2D eigenvalue weighted by Crippen LogP contribution is 2.36. The number of imidazole rings is 1. The summed E-state index contributed by atoms with van der Waals surface area (Å²) in [5, 5.41) is 3.71. The van der Waals surface area contributed by atoms with E-state index in [0.29, 0.717) is 17.2 Å². The van der Waals surface area contributed by atoms with Crippen LogP contribution in [-0.2, 0) is 6.54 Å². The zero-order valence-electron chi connectivity index (χ0n) is 15.2. The monoisotopic (exact) mass is 404 g/mol. The van der Waals surface area contributed by atoms with Crippen molar-refractivity contribution in [1.29, 1.82) is 0 Å². The highest BCUT2D eigenvalue weighted by molar-refractivity contribution is 7.16. The third kappa shape index (κ3) is 3.57. The van der Waals surface area contributed by atoms with Crippen molar-refractivity contribution in [3.8, 4) is 27.8 Å². The Hall–Kier alpha value is -3.65. The van der Waals surface area contributed by atoms with Gasteiger partial charge in [-0.3, -0.25) is 4.79 Å². The van der Waals surface area contributed by atoms with Gasteiger partial charge in [0, 0.05) is 30.2 Å². The molecule has 0 spiro atoms. The van der Waals surface area contributed by atoms with E-state index in [1.165, 1.54) is 11.3 Å². The van der Waals surface area contributed by atoms with Crippen LogP contribution in [0.15, 0.2) is 67.4 Å². The molecule has 144 valence electrons. The molecule has 8 heteroatoms. The second-order valence-electron chi connectivity index (χ2n) is 6.42. The summed E-state index contributed by atoms with van der Waals surface area (Å²) < 4.78 is 12.7. The number of thiazole rings is 1. The molecule has 4 aromatic rings. The third-order valence-electron chi connectivity index (χ3n) is 4.54. The molecule has 1 aliphatic rings. The van der Waals surface area contributed by atoms with Crippen LogP contribution < -0.4 is 14.8 Å². The van der Waals surface area contributed by atoms with Gasteiger partial charge in [-0.25, -0.2) is 9.97 Å². The van der Waals surface area contributed by atoms with Gasteiger partial charge >= 0.3 is 0 Å². The van der Waals surface area contributed by atoms with E-state index in [9.17, 15) is 4.79 Å². The molecule has 1 amide bonds. The number of nitrogens with zero attached hydrogens (tertiary/aromatic N) is 3. The number of carbonyl (C=O) groups excluding carboxylic acids is 1. The van der Waals surface area contributed by atoms with Crippen molar-refractivity contribution in [2.75, 3.05) is 6.79 Å². The van der Waals surface area contributed by atoms with E-state index in [-0.39, 0.29) is 12.7 Å². The molecular formula is C21H16N4O3S. The van der Waals surface area contributed by atoms with Gasteiger partial charge < -0.3 is 19.4 Å². The molecule has 0 saturated carbocycles. The number of ether oxygens (including phenoxy) is 2. The number of nitrogens with one attached hydrogen (secondary N) is 1. The molecule has 2 aromatic heterocycles. The zero-order chi connectivity index (χ0) is 19.6. The van der Waals surface area contributed by atoms with Gasteiger partial charge in [0.1, 0.15) is 9.88 Å². The lowest BCUT2D eigenvalue weighted by molar-refractivity contribution is 0.0954. The lowest BCUT2D eigenvalue weighted by Gasteiger charge is -2.06. The Labute approximate surface area is 170 Å². The van der Waals surface area contributed by atoms with E-state index >= 15 is 0 Å². The summed E-state index contributed by atoms with van der Waals surface area (Å²) in [4.78, 5) is 21.5. The summed E-state index contributed by atoms with van der Waals surface area (Å²) in [6.45, 7) is 0.675. The van der Waals surface area contributed by atoms with Crippen molar-refractivity contribution in [2.24, 2.45) is 0 Å². The lowest BCUT2D eigenvalue weighted by atomic mass is 10.2. The van der Waals surface area contributed by atoms with E-state index in [0.717, 1.165) is 27.6 Å². The molecule has 0 saturated heterocycles. The van der Waals surface area contributed by atoms with Crippen molar-refractivity contribution >= 4 is 17.2 Å². The van der Waals surface area contributed by atoms with Crippen LogP contribution in [0.1, 0.15) is 15.2 Å². The first-order valence-electron chi connectivity index (χ1n) is 8.97. The number of fused-ring (bicyclic) bond motifs is 1. The number of benzene rings is 2. The molecule has 2 aromatic carbocycles. The van der Waals surface area contributed by atoms with Gasteiger partial charge in [-0.1, -0.05) is 12.1 Å². The van der Waals surface area contributed by atoms with Gasteiger partial charge in [0.2, 0.25) is 6.79 Å². The van der Waals surface area contributed by atoms with Crippen molar-refractivity contribution in [2.45, 2.75) is 6.54 Å². The fraction of sp³-hybridized carbons (Fsp3) is 0.0952. The summed E-state index contributed by atoms with van der Waals surface area (Å²) in [6.07, 6.45) is 6.97. The number of amides is 1. The predicted molar refractivity (Wildman–Crippen MR) is 108 cm³/mol. The molecule has 3 heterocycles. The maximum absolute atomic E-state index is 12.5. The molecule has 0 fully saturated rings. The van der Waals surface area contributed by atoms with Crippen LogP contribution in [-0.4, -0.2) is 27.2 Å². The molecule has 1 aliphatic heterocycles. The minimum Gasteiger partial charge on any atom is -0.454 e. The Morgan fingerprint density at radius 2 is 2.00 bits per heavy atom. The van der Waals surface area contributed by atoms with Crippen LogP contribution in [0.3, 0.4) is 0 Å². The van der Waals surface area contributed by atoms with Crippen LogP contribution >= 0.6 is 11.3 Å². The molecule has 0 atom stereocenters. The minimum absolute atomic E-state index is 0.145. The molecule has 5 rings (SSSR count). The Kier molecular flexibility index (Phi) is 4.45. The maximum Gasteiger partial charge on any atom is 0.263 e. The van der Waals surface area contributed by atoms with Crippen molar-refractivity contribution < 1.29 is 14.3 Å². The second kappa shape index (κ2) is 7.40. The van der Waals surface area contributed by atoms with E-state index in [1.807, 2.05) is 53.2 Å². The second-order valence-corrected chi connectivity index (χ2v) is 7.45. The van der Waals surface area contributed by atoms with Gasteiger partial charge in [0.25, 0.3) is 5.91 Å². The normalized spacial score (nSPS) is 12.1. The Morgan fingerprint density at radius 1 is 1.14 bits per heavy atom. The number of aromatic nitrogens is 3. The molecular weight excluding hydrogens is 388 g/mol. The van der Waals surface area contributed by atoms with E-state index in [2.05, 4.69) is 15.3 Å². The number of hydrogen-bond acceptors (Lipinski definition) is 6. The summed E-state index contributed by atoms with van der Waals surface area (Å²) >= 11 is 1.35. The molecule has 0 aliphatic carbocycles. The van der Waals surface area contributed by atoms with Gasteiger partial charge in [-0.2, -0.15) is 0 Å². The molecule has 0 bridgehead atoms. The van der Waals surface area contributed by atoms with Crippen molar-refractivity contribution in [3.05, 3.63) is 77.8 Å². The smallest absolute Gasteiger partial charge is 0.263 e. The Bertz CT molecular complexity index is 1150. The van der Waals surface area contributed by atoms with Gasteiger partial charge in [-0.15, -0.1) is 11.3 Å². The van der Waals surface area contributed by atoms with Crippen LogP contribution in [0.4, 0.5) is 0 Å². The highest BCUT2D eigenvalue weighted by atomic mass is 32.1. The minimum atomic E-state index is -0.145. The fourth-order valence-electron chi connectivity index (χ4n) is 3.01. The van der Waals surface area contributed by atoms with Gasteiger partial charge in [0.15, 0.2) is 11.5 Å². The number of hydrogen-bond donors (Lipinski definition) is 1. The molecule has 0 unspecified atom stereocenters. The van der Waals surface area contributed by atoms with E-state index in [1.54, 1.807) is 18.7 Å². The first kappa shape index (κ1) is 17.4. The van der Waals surface area contributed by atoms with Crippen molar-refractivity contribution in [3.63, 3.8) is 0 Å². The summed E-state index contributed by atoms with van der Waals surface area (Å²) in [6, 6.07) is 13.6. The molecule has 29 heavy (non-hydrogen) atoms. The lowest BCUT2D eigenvalue weighted by Crippen LogP contribution is -2.21. The molecule has 0 radical (unpaired) electrons. The van der Waals surface area contributed by atoms with Crippen LogP contribution in [0, 0.1) is 0 Å². The average molecular weight is 404 g/mol. The summed E-state index contributed by atoms with van der Waals surface area (Å²) in [7, 11) is 0. The SMILES string of the molecule is O=C(NCc1ccc(-n2ccnc2)cc1)c1cnc(-c2ccc3c(c2)OCO3)s1. The number of carbonyl (C=O) groups is 1. The standard InChI is InChI=1S/C21H16N4O3S/c26-20(23-10-14-1-4-16(5-2-14)25-8-7-22-12-25)19-11-24-21(29-19)15-3-6-17-18(9-15)28-13-27-17/h1-9,11-12H,10,13H2,(H,23,26). The number of rotatable bonds is 5. The van der Waals surface area contributed by atoms with Crippen LogP contribution in [0.5, 0.6) is 11.5 Å². The quantitative estimate of drug-likeness (QED) is 0.549. The van der Waals surface area contributed by atoms with Crippen LogP contribution in [0.2, 0.25) is 0 Å². The first-order chi connectivity index (χ1) is 14.3. The Morgan fingerprint density at radius 3 is 2.83 bits per heavy atom. The Balaban J connectivity index is 1.24. The molecule has 7 nitrogen and oxygen atoms in total. The predicted octanol–water partition coefficient (Wildman–Crippen LogP) is 3.65. The first-order valence-corrected chi connectivity index (χ1v) is 9.79. The zero-order valence-corrected chi connectivity index (χ0v) is 16.1.